The van der Waals surface area contributed by atoms with Crippen molar-refractivity contribution in [2.45, 2.75) is 45.6 Å². The third-order valence-corrected chi connectivity index (χ3v) is 3.38. The maximum Gasteiger partial charge on any atom is 0.0406 e. The number of likely N-dealkylation sites (N-methyl/N-ethyl adjacent to an activating group) is 1. The van der Waals surface area contributed by atoms with Crippen LogP contribution in [0, 0.1) is 0 Å². The fourth-order valence-corrected chi connectivity index (χ4v) is 2.42. The van der Waals surface area contributed by atoms with Crippen LogP contribution in [-0.2, 0) is 0 Å². The highest BCUT2D eigenvalue weighted by Crippen LogP contribution is 2.26. The number of hydrogen-bond acceptors (Lipinski definition) is 1. The zero-order valence-electron chi connectivity index (χ0n) is 10.5. The maximum absolute atomic E-state index is 5.92. The highest BCUT2D eigenvalue weighted by Gasteiger charge is 2.18. The summed E-state index contributed by atoms with van der Waals surface area (Å²) in [6, 6.07) is 8.83. The van der Waals surface area contributed by atoms with Crippen molar-refractivity contribution in [2.24, 2.45) is 0 Å². The molecule has 0 spiro atoms. The summed E-state index contributed by atoms with van der Waals surface area (Å²) >= 11 is 5.92. The SMILES string of the molecule is CCNC(CC)C(CC)c1ccc(Cl)cc1. The van der Waals surface area contributed by atoms with Crippen molar-refractivity contribution in [3.8, 4) is 0 Å². The normalized spacial score (nSPS) is 14.8. The molecule has 2 heteroatoms. The van der Waals surface area contributed by atoms with E-state index in [1.54, 1.807) is 0 Å². The minimum Gasteiger partial charge on any atom is -0.314 e. The van der Waals surface area contributed by atoms with Crippen molar-refractivity contribution in [3.05, 3.63) is 34.9 Å². The van der Waals surface area contributed by atoms with Crippen molar-refractivity contribution >= 4 is 11.6 Å². The van der Waals surface area contributed by atoms with Gasteiger partial charge in [0.05, 0.1) is 0 Å². The summed E-state index contributed by atoms with van der Waals surface area (Å²) in [5, 5.41) is 4.38. The molecule has 1 nitrogen and oxygen atoms in total. The fraction of sp³-hybridized carbons (Fsp3) is 0.571. The number of rotatable bonds is 6. The third kappa shape index (κ3) is 3.50. The Balaban J connectivity index is 2.83. The highest BCUT2D eigenvalue weighted by molar-refractivity contribution is 6.30. The molecule has 2 atom stereocenters. The van der Waals surface area contributed by atoms with Gasteiger partial charge in [0.25, 0.3) is 0 Å². The molecule has 1 N–H and O–H groups in total. The van der Waals surface area contributed by atoms with Crippen molar-refractivity contribution in [1.82, 2.24) is 5.32 Å². The van der Waals surface area contributed by atoms with E-state index in [4.69, 9.17) is 11.6 Å². The first-order valence-corrected chi connectivity index (χ1v) is 6.59. The number of nitrogens with one attached hydrogen (secondary N) is 1. The lowest BCUT2D eigenvalue weighted by molar-refractivity contribution is 0.420. The molecule has 0 aliphatic heterocycles. The Morgan fingerprint density at radius 3 is 2.12 bits per heavy atom. The first kappa shape index (κ1) is 13.5. The smallest absolute Gasteiger partial charge is 0.0406 e. The van der Waals surface area contributed by atoms with Crippen molar-refractivity contribution in [2.75, 3.05) is 6.54 Å². The van der Waals surface area contributed by atoms with Gasteiger partial charge < -0.3 is 5.32 Å². The van der Waals surface area contributed by atoms with E-state index in [1.807, 2.05) is 12.1 Å². The second kappa shape index (κ2) is 6.93. The molecule has 0 aromatic heterocycles. The van der Waals surface area contributed by atoms with E-state index in [-0.39, 0.29) is 0 Å². The van der Waals surface area contributed by atoms with Crippen LogP contribution in [0.5, 0.6) is 0 Å². The highest BCUT2D eigenvalue weighted by atomic mass is 35.5. The van der Waals surface area contributed by atoms with Gasteiger partial charge in [-0.05, 0) is 43.0 Å². The molecule has 2 unspecified atom stereocenters. The predicted molar refractivity (Wildman–Crippen MR) is 72.2 cm³/mol. The molecule has 0 aliphatic rings. The monoisotopic (exact) mass is 239 g/mol. The predicted octanol–water partition coefficient (Wildman–Crippen LogP) is 4.22. The van der Waals surface area contributed by atoms with Crippen LogP contribution in [-0.4, -0.2) is 12.6 Å². The quantitative estimate of drug-likeness (QED) is 0.784. The van der Waals surface area contributed by atoms with Gasteiger partial charge in [0.2, 0.25) is 0 Å². The van der Waals surface area contributed by atoms with Gasteiger partial charge in [-0.25, -0.2) is 0 Å². The second-order valence-electron chi connectivity index (χ2n) is 4.14. The van der Waals surface area contributed by atoms with E-state index in [9.17, 15) is 0 Å². The second-order valence-corrected chi connectivity index (χ2v) is 4.58. The topological polar surface area (TPSA) is 12.0 Å². The maximum atomic E-state index is 5.92. The van der Waals surface area contributed by atoms with Gasteiger partial charge in [0.15, 0.2) is 0 Å². The molecule has 16 heavy (non-hydrogen) atoms. The van der Waals surface area contributed by atoms with Crippen LogP contribution in [0.1, 0.15) is 45.1 Å². The fourth-order valence-electron chi connectivity index (χ4n) is 2.30. The van der Waals surface area contributed by atoms with E-state index in [0.29, 0.717) is 12.0 Å². The molecule has 90 valence electrons. The van der Waals surface area contributed by atoms with E-state index < -0.39 is 0 Å². The number of halogens is 1. The van der Waals surface area contributed by atoms with Gasteiger partial charge >= 0.3 is 0 Å². The summed E-state index contributed by atoms with van der Waals surface area (Å²) in [4.78, 5) is 0. The average Bonchev–Trinajstić information content (AvgIpc) is 2.31. The minimum absolute atomic E-state index is 0.566. The van der Waals surface area contributed by atoms with E-state index in [2.05, 4.69) is 38.2 Å². The Labute approximate surface area is 104 Å². The van der Waals surface area contributed by atoms with E-state index >= 15 is 0 Å². The van der Waals surface area contributed by atoms with Gasteiger partial charge in [-0.15, -0.1) is 0 Å². The minimum atomic E-state index is 0.566. The largest absolute Gasteiger partial charge is 0.314 e. The van der Waals surface area contributed by atoms with Crippen LogP contribution in [0.3, 0.4) is 0 Å². The molecular formula is C14H22ClN. The van der Waals surface area contributed by atoms with E-state index in [0.717, 1.165) is 24.4 Å². The Morgan fingerprint density at radius 2 is 1.69 bits per heavy atom. The van der Waals surface area contributed by atoms with Crippen LogP contribution in [0.2, 0.25) is 5.02 Å². The van der Waals surface area contributed by atoms with E-state index in [1.165, 1.54) is 5.56 Å². The molecule has 0 bridgehead atoms. The van der Waals surface area contributed by atoms with Gasteiger partial charge in [-0.2, -0.15) is 0 Å². The van der Waals surface area contributed by atoms with Crippen LogP contribution >= 0.6 is 11.6 Å². The summed E-state index contributed by atoms with van der Waals surface area (Å²) in [6.45, 7) is 7.69. The molecule has 0 amide bonds. The van der Waals surface area contributed by atoms with Gasteiger partial charge in [-0.3, -0.25) is 0 Å². The molecule has 0 fully saturated rings. The molecule has 0 aliphatic carbocycles. The van der Waals surface area contributed by atoms with Crippen LogP contribution in [0.15, 0.2) is 24.3 Å². The molecule has 0 radical (unpaired) electrons. The molecule has 0 saturated carbocycles. The summed E-state index contributed by atoms with van der Waals surface area (Å²) in [5.41, 5.74) is 1.39. The van der Waals surface area contributed by atoms with Gasteiger partial charge in [0, 0.05) is 11.1 Å². The number of hydrogen-bond donors (Lipinski definition) is 1. The molecule has 1 aromatic carbocycles. The standard InChI is InChI=1S/C14H22ClN/c1-4-13(14(5-2)16-6-3)11-7-9-12(15)10-8-11/h7-10,13-14,16H,4-6H2,1-3H3. The van der Waals surface area contributed by atoms with Gasteiger partial charge in [0.1, 0.15) is 0 Å². The first-order valence-electron chi connectivity index (χ1n) is 6.21. The molecule has 0 heterocycles. The average molecular weight is 240 g/mol. The van der Waals surface area contributed by atoms with Crippen molar-refractivity contribution in [3.63, 3.8) is 0 Å². The first-order chi connectivity index (χ1) is 7.72. The summed E-state index contributed by atoms with van der Waals surface area (Å²) in [5.74, 6) is 0.585. The Kier molecular flexibility index (Phi) is 5.86. The van der Waals surface area contributed by atoms with Crippen molar-refractivity contribution < 1.29 is 0 Å². The lowest BCUT2D eigenvalue weighted by Gasteiger charge is -2.26. The molecular weight excluding hydrogens is 218 g/mol. The number of benzene rings is 1. The van der Waals surface area contributed by atoms with Crippen LogP contribution < -0.4 is 5.32 Å². The summed E-state index contributed by atoms with van der Waals surface area (Å²) in [6.07, 6.45) is 2.32. The van der Waals surface area contributed by atoms with Crippen molar-refractivity contribution in [1.29, 1.82) is 0 Å². The molecule has 1 rings (SSSR count). The van der Waals surface area contributed by atoms with Crippen LogP contribution in [0.4, 0.5) is 0 Å². The Hall–Kier alpha value is -0.530. The molecule has 0 saturated heterocycles. The summed E-state index contributed by atoms with van der Waals surface area (Å²) < 4.78 is 0. The van der Waals surface area contributed by atoms with Crippen LogP contribution in [0.25, 0.3) is 0 Å². The molecule has 1 aromatic rings. The third-order valence-electron chi connectivity index (χ3n) is 3.13. The zero-order chi connectivity index (χ0) is 12.0. The lowest BCUT2D eigenvalue weighted by atomic mass is 9.88. The lowest BCUT2D eigenvalue weighted by Crippen LogP contribution is -2.34. The van der Waals surface area contributed by atoms with Gasteiger partial charge in [-0.1, -0.05) is 44.5 Å². The zero-order valence-corrected chi connectivity index (χ0v) is 11.2. The Bertz CT molecular complexity index is 294. The Morgan fingerprint density at radius 1 is 1.06 bits per heavy atom. The summed E-state index contributed by atoms with van der Waals surface area (Å²) in [7, 11) is 0.